The van der Waals surface area contributed by atoms with Gasteiger partial charge in [-0.15, -0.1) is 0 Å². The summed E-state index contributed by atoms with van der Waals surface area (Å²) in [6, 6.07) is 21.3. The zero-order chi connectivity index (χ0) is 22.1. The third-order valence-corrected chi connectivity index (χ3v) is 5.51. The predicted octanol–water partition coefficient (Wildman–Crippen LogP) is 6.21. The maximum absolute atomic E-state index is 13.7. The van der Waals surface area contributed by atoms with E-state index in [1.165, 1.54) is 6.07 Å². The summed E-state index contributed by atoms with van der Waals surface area (Å²) in [6.45, 7) is 1.57. The topological polar surface area (TPSA) is 36.3 Å². The molecule has 32 heavy (non-hydrogen) atoms. The highest BCUT2D eigenvalue weighted by molar-refractivity contribution is 5.95. The fraction of sp³-hybridized carbons (Fsp3) is 0.240. The van der Waals surface area contributed by atoms with Crippen molar-refractivity contribution in [3.63, 3.8) is 0 Å². The van der Waals surface area contributed by atoms with Crippen LogP contribution >= 0.6 is 0 Å². The minimum Gasteiger partial charge on any atom is -0.348 e. The van der Waals surface area contributed by atoms with E-state index in [1.54, 1.807) is 10.7 Å². The molecule has 0 N–H and O–H groups in total. The first kappa shape index (κ1) is 20.7. The molecule has 0 aliphatic carbocycles. The Morgan fingerprint density at radius 1 is 0.906 bits per heavy atom. The molecule has 0 radical (unpaired) electrons. The predicted molar refractivity (Wildman–Crippen MR) is 115 cm³/mol. The van der Waals surface area contributed by atoms with E-state index in [9.17, 15) is 13.2 Å². The average Bonchev–Trinajstić information content (AvgIpc) is 3.17. The number of aromatic nitrogens is 2. The molecule has 1 aliphatic rings. The quantitative estimate of drug-likeness (QED) is 0.380. The lowest BCUT2D eigenvalue weighted by Crippen LogP contribution is -2.17. The van der Waals surface area contributed by atoms with Gasteiger partial charge in [-0.25, -0.2) is 0 Å². The van der Waals surface area contributed by atoms with Crippen LogP contribution in [0.3, 0.4) is 0 Å². The normalized spacial score (nSPS) is 15.3. The van der Waals surface area contributed by atoms with Crippen molar-refractivity contribution in [1.29, 1.82) is 0 Å². The minimum absolute atomic E-state index is 0.0542. The molecule has 4 nitrogen and oxygen atoms in total. The number of halogens is 3. The van der Waals surface area contributed by atoms with Crippen LogP contribution in [0, 0.1) is 0 Å². The van der Waals surface area contributed by atoms with Crippen LogP contribution in [-0.4, -0.2) is 23.0 Å². The number of alkyl halides is 3. The molecular weight excluding hydrogens is 417 g/mol. The summed E-state index contributed by atoms with van der Waals surface area (Å²) in [5, 5.41) is 4.88. The van der Waals surface area contributed by atoms with E-state index in [4.69, 9.17) is 9.47 Å². The number of hydrogen-bond acceptors (Lipinski definition) is 3. The highest BCUT2D eigenvalue weighted by Gasteiger charge is 2.34. The van der Waals surface area contributed by atoms with Crippen LogP contribution in [0.25, 0.3) is 22.2 Å². The Hall–Kier alpha value is -3.16. The monoisotopic (exact) mass is 438 g/mol. The second kappa shape index (κ2) is 8.41. The molecule has 0 unspecified atom stereocenters. The number of nitrogens with zero attached hydrogens (tertiary/aromatic N) is 2. The summed E-state index contributed by atoms with van der Waals surface area (Å²) in [6.07, 6.45) is -4.13. The second-order valence-electron chi connectivity index (χ2n) is 7.74. The SMILES string of the molecule is FC(F)(F)c1cccc2c(-c3cccc(C4OCCCO4)c3)n(Cc3ccccc3)nc12. The molecule has 0 amide bonds. The summed E-state index contributed by atoms with van der Waals surface area (Å²) in [4.78, 5) is 0. The summed E-state index contributed by atoms with van der Waals surface area (Å²) >= 11 is 0. The fourth-order valence-electron chi connectivity index (χ4n) is 4.07. The van der Waals surface area contributed by atoms with Crippen molar-refractivity contribution in [3.8, 4) is 11.3 Å². The Bertz CT molecular complexity index is 1230. The number of rotatable bonds is 4. The van der Waals surface area contributed by atoms with E-state index in [0.29, 0.717) is 30.8 Å². The van der Waals surface area contributed by atoms with Gasteiger partial charge in [0, 0.05) is 16.5 Å². The first-order valence-corrected chi connectivity index (χ1v) is 10.4. The first-order valence-electron chi connectivity index (χ1n) is 10.4. The number of hydrogen-bond donors (Lipinski definition) is 0. The Morgan fingerprint density at radius 3 is 2.41 bits per heavy atom. The van der Waals surface area contributed by atoms with Crippen LogP contribution in [0.15, 0.2) is 72.8 Å². The molecule has 4 aromatic rings. The summed E-state index contributed by atoms with van der Waals surface area (Å²) in [5.41, 5.74) is 2.38. The van der Waals surface area contributed by atoms with Gasteiger partial charge in [-0.2, -0.15) is 18.3 Å². The molecule has 0 atom stereocenters. The van der Waals surface area contributed by atoms with Gasteiger partial charge in [-0.05, 0) is 24.1 Å². The van der Waals surface area contributed by atoms with Gasteiger partial charge in [0.15, 0.2) is 6.29 Å². The van der Waals surface area contributed by atoms with Crippen LogP contribution in [-0.2, 0) is 22.2 Å². The van der Waals surface area contributed by atoms with Crippen molar-refractivity contribution >= 4 is 10.9 Å². The van der Waals surface area contributed by atoms with Gasteiger partial charge in [0.05, 0.1) is 31.0 Å². The van der Waals surface area contributed by atoms with Crippen molar-refractivity contribution in [1.82, 2.24) is 9.78 Å². The molecule has 0 saturated carbocycles. The number of ether oxygens (including phenoxy) is 2. The fourth-order valence-corrected chi connectivity index (χ4v) is 4.07. The highest BCUT2D eigenvalue weighted by atomic mass is 19.4. The Balaban J connectivity index is 1.68. The Morgan fingerprint density at radius 2 is 1.66 bits per heavy atom. The standard InChI is InChI=1S/C25H21F3N2O2/c26-25(27,28)21-12-5-11-20-22(21)29-30(16-17-7-2-1-3-8-17)23(20)18-9-4-10-19(15-18)24-31-13-6-14-32-24/h1-5,7-12,15,24H,6,13-14,16H2. The minimum atomic E-state index is -4.49. The van der Waals surface area contributed by atoms with Crippen molar-refractivity contribution in [2.75, 3.05) is 13.2 Å². The van der Waals surface area contributed by atoms with Gasteiger partial charge in [0.2, 0.25) is 0 Å². The lowest BCUT2D eigenvalue weighted by molar-refractivity contribution is -0.183. The highest BCUT2D eigenvalue weighted by Crippen LogP contribution is 2.38. The smallest absolute Gasteiger partial charge is 0.348 e. The van der Waals surface area contributed by atoms with E-state index in [-0.39, 0.29) is 5.52 Å². The van der Waals surface area contributed by atoms with Crippen molar-refractivity contribution in [2.24, 2.45) is 0 Å². The molecular formula is C25H21F3N2O2. The number of fused-ring (bicyclic) bond motifs is 1. The maximum Gasteiger partial charge on any atom is 0.418 e. The molecule has 1 fully saturated rings. The molecule has 164 valence electrons. The van der Waals surface area contributed by atoms with Crippen molar-refractivity contribution in [3.05, 3.63) is 89.5 Å². The molecule has 1 aliphatic heterocycles. The van der Waals surface area contributed by atoms with E-state index >= 15 is 0 Å². The van der Waals surface area contributed by atoms with Gasteiger partial charge < -0.3 is 9.47 Å². The third-order valence-electron chi connectivity index (χ3n) is 5.51. The van der Waals surface area contributed by atoms with Crippen LogP contribution in [0.4, 0.5) is 13.2 Å². The molecule has 2 heterocycles. The maximum atomic E-state index is 13.7. The molecule has 3 aromatic carbocycles. The van der Waals surface area contributed by atoms with E-state index < -0.39 is 18.0 Å². The molecule has 5 rings (SSSR count). The van der Waals surface area contributed by atoms with Crippen LogP contribution < -0.4 is 0 Å². The lowest BCUT2D eigenvalue weighted by Gasteiger charge is -2.23. The largest absolute Gasteiger partial charge is 0.418 e. The van der Waals surface area contributed by atoms with Gasteiger partial charge in [-0.3, -0.25) is 4.68 Å². The van der Waals surface area contributed by atoms with Gasteiger partial charge in [0.1, 0.15) is 5.52 Å². The van der Waals surface area contributed by atoms with Gasteiger partial charge in [0.25, 0.3) is 0 Å². The zero-order valence-corrected chi connectivity index (χ0v) is 17.2. The Kier molecular flexibility index (Phi) is 5.45. The summed E-state index contributed by atoms with van der Waals surface area (Å²) in [5.74, 6) is 0. The van der Waals surface area contributed by atoms with Crippen LogP contribution in [0.2, 0.25) is 0 Å². The van der Waals surface area contributed by atoms with Gasteiger partial charge in [-0.1, -0.05) is 60.7 Å². The van der Waals surface area contributed by atoms with Crippen molar-refractivity contribution < 1.29 is 22.6 Å². The second-order valence-corrected chi connectivity index (χ2v) is 7.74. The number of benzene rings is 3. The first-order chi connectivity index (χ1) is 15.5. The summed E-state index contributed by atoms with van der Waals surface area (Å²) < 4.78 is 54.2. The lowest BCUT2D eigenvalue weighted by atomic mass is 10.0. The molecule has 1 saturated heterocycles. The molecule has 0 bridgehead atoms. The zero-order valence-electron chi connectivity index (χ0n) is 17.2. The molecule has 1 aromatic heterocycles. The van der Waals surface area contributed by atoms with Gasteiger partial charge >= 0.3 is 6.18 Å². The molecule has 0 spiro atoms. The third kappa shape index (κ3) is 4.01. The average molecular weight is 438 g/mol. The van der Waals surface area contributed by atoms with Crippen LogP contribution in [0.5, 0.6) is 0 Å². The van der Waals surface area contributed by atoms with E-state index in [0.717, 1.165) is 29.2 Å². The van der Waals surface area contributed by atoms with E-state index in [1.807, 2.05) is 54.6 Å². The molecule has 7 heteroatoms. The Labute approximate surface area is 183 Å². The van der Waals surface area contributed by atoms with Crippen LogP contribution in [0.1, 0.15) is 29.4 Å². The van der Waals surface area contributed by atoms with Crippen molar-refractivity contribution in [2.45, 2.75) is 25.4 Å². The van der Waals surface area contributed by atoms with E-state index in [2.05, 4.69) is 5.10 Å². The summed E-state index contributed by atoms with van der Waals surface area (Å²) in [7, 11) is 0.